The number of piperidine rings is 1. The Balaban J connectivity index is 1.19. The SMILES string of the molecule is CCCCC(=O)NCCc1ccc2[nH]c3c(c2c1)C[C@@]1(O)[C@@H]2Cc4ccc(O)c5c4[C@@]1(CCN2CC1CC1)[C@H]3O5. The fourth-order valence-corrected chi connectivity index (χ4v) is 8.60. The standard InChI is InChI=1S/C33H39N3O4/c1-2-3-4-27(38)34-13-11-19-7-9-24-22(15-19)23-17-33(39)26-16-21-8-10-25(37)30-28(21)32(33,31(40-30)29(23)35-24)12-14-36(26)18-20-5-6-20/h7-10,15,20,26,31,35,37,39H,2-6,11-14,16-18H2,1H3,(H,34,38)/t26-,31-,32-,33+/m0/s1. The van der Waals surface area contributed by atoms with Crippen molar-refractivity contribution in [3.63, 3.8) is 0 Å². The first-order valence-corrected chi connectivity index (χ1v) is 15.3. The van der Waals surface area contributed by atoms with Gasteiger partial charge in [0.05, 0.1) is 16.7 Å². The van der Waals surface area contributed by atoms with Crippen LogP contribution in [0.25, 0.3) is 10.9 Å². The maximum atomic E-state index is 13.0. The lowest BCUT2D eigenvalue weighted by Crippen LogP contribution is -2.74. The smallest absolute Gasteiger partial charge is 0.220 e. The number of benzene rings is 2. The fourth-order valence-electron chi connectivity index (χ4n) is 8.60. The van der Waals surface area contributed by atoms with Crippen molar-refractivity contribution in [2.75, 3.05) is 19.6 Å². The summed E-state index contributed by atoms with van der Waals surface area (Å²) < 4.78 is 6.71. The molecule has 2 aliphatic heterocycles. The molecule has 2 bridgehead atoms. The normalized spacial score (nSPS) is 29.6. The van der Waals surface area contributed by atoms with Crippen LogP contribution in [-0.4, -0.2) is 57.3 Å². The lowest BCUT2D eigenvalue weighted by molar-refractivity contribution is -0.173. The van der Waals surface area contributed by atoms with Crippen LogP contribution in [-0.2, 0) is 29.5 Å². The molecule has 1 spiro atoms. The number of fused-ring (bicyclic) bond motifs is 4. The van der Waals surface area contributed by atoms with Gasteiger partial charge in [-0.15, -0.1) is 0 Å². The lowest BCUT2D eigenvalue weighted by Gasteiger charge is -2.62. The third-order valence-electron chi connectivity index (χ3n) is 10.7. The average Bonchev–Trinajstić information content (AvgIpc) is 3.59. The number of H-pyrrole nitrogens is 1. The Bertz CT molecular complexity index is 1530. The first-order chi connectivity index (χ1) is 19.4. The Hall–Kier alpha value is -3.03. The monoisotopic (exact) mass is 541 g/mol. The Labute approximate surface area is 234 Å². The van der Waals surface area contributed by atoms with Crippen LogP contribution in [0.3, 0.4) is 0 Å². The topological polar surface area (TPSA) is 97.8 Å². The number of likely N-dealkylation sites (tertiary alicyclic amines) is 1. The molecular formula is C33H39N3O4. The molecule has 0 unspecified atom stereocenters. The third-order valence-corrected chi connectivity index (χ3v) is 10.7. The van der Waals surface area contributed by atoms with E-state index in [2.05, 4.69) is 46.4 Å². The predicted molar refractivity (Wildman–Crippen MR) is 153 cm³/mol. The molecule has 1 saturated carbocycles. The highest BCUT2D eigenvalue weighted by Gasteiger charge is 2.72. The second kappa shape index (κ2) is 8.73. The number of carbonyl (C=O) groups is 1. The Morgan fingerprint density at radius 2 is 2.12 bits per heavy atom. The molecule has 7 heteroatoms. The molecule has 3 aromatic rings. The second-order valence-corrected chi connectivity index (χ2v) is 13.0. The minimum atomic E-state index is -0.984. The van der Waals surface area contributed by atoms with Gasteiger partial charge >= 0.3 is 0 Å². The largest absolute Gasteiger partial charge is 0.504 e. The highest BCUT2D eigenvalue weighted by atomic mass is 16.5. The van der Waals surface area contributed by atoms with E-state index in [1.807, 2.05) is 0 Å². The lowest BCUT2D eigenvalue weighted by atomic mass is 9.49. The summed E-state index contributed by atoms with van der Waals surface area (Å²) in [5.74, 6) is 1.61. The van der Waals surface area contributed by atoms with Crippen LogP contribution in [0.4, 0.5) is 0 Å². The number of aliphatic hydroxyl groups is 1. The van der Waals surface area contributed by atoms with Crippen LogP contribution in [0.5, 0.6) is 11.5 Å². The van der Waals surface area contributed by atoms with E-state index in [0.717, 1.165) is 78.8 Å². The minimum Gasteiger partial charge on any atom is -0.504 e. The van der Waals surface area contributed by atoms with Crippen molar-refractivity contribution < 1.29 is 19.7 Å². The van der Waals surface area contributed by atoms with E-state index < -0.39 is 11.0 Å². The zero-order valence-electron chi connectivity index (χ0n) is 23.3. The maximum absolute atomic E-state index is 13.0. The number of aromatic hydroxyl groups is 1. The number of amides is 1. The number of carbonyl (C=O) groups excluding carboxylic acids is 1. The third kappa shape index (κ3) is 3.34. The summed E-state index contributed by atoms with van der Waals surface area (Å²) in [5.41, 5.74) is 5.11. The Kier molecular flexibility index (Phi) is 5.40. The predicted octanol–water partition coefficient (Wildman–Crippen LogP) is 4.42. The summed E-state index contributed by atoms with van der Waals surface area (Å²) in [5, 5.41) is 28.1. The van der Waals surface area contributed by atoms with E-state index in [4.69, 9.17) is 4.74 Å². The van der Waals surface area contributed by atoms with Gasteiger partial charge in [-0.1, -0.05) is 25.5 Å². The number of phenolic OH excluding ortho intramolecular Hbond substituents is 1. The first kappa shape index (κ1) is 24.7. The van der Waals surface area contributed by atoms with Crippen molar-refractivity contribution in [1.82, 2.24) is 15.2 Å². The molecular weight excluding hydrogens is 502 g/mol. The average molecular weight is 542 g/mol. The number of hydrogen-bond donors (Lipinski definition) is 4. The van der Waals surface area contributed by atoms with Gasteiger partial charge in [-0.05, 0) is 85.9 Å². The second-order valence-electron chi connectivity index (χ2n) is 13.0. The molecule has 2 fully saturated rings. The zero-order chi connectivity index (χ0) is 27.2. The van der Waals surface area contributed by atoms with Gasteiger partial charge in [0, 0.05) is 48.4 Å². The molecule has 0 radical (unpaired) electrons. The molecule has 2 aromatic carbocycles. The van der Waals surface area contributed by atoms with Crippen LogP contribution < -0.4 is 10.1 Å². The molecule has 1 amide bonds. The Morgan fingerprint density at radius 3 is 2.95 bits per heavy atom. The van der Waals surface area contributed by atoms with Crippen LogP contribution in [0.15, 0.2) is 30.3 Å². The summed E-state index contributed by atoms with van der Waals surface area (Å²) in [7, 11) is 0. The molecule has 1 aromatic heterocycles. The number of phenols is 1. The molecule has 8 rings (SSSR count). The summed E-state index contributed by atoms with van der Waals surface area (Å²) >= 11 is 0. The molecule has 4 N–H and O–H groups in total. The summed E-state index contributed by atoms with van der Waals surface area (Å²) in [6, 6.07) is 10.3. The van der Waals surface area contributed by atoms with Gasteiger partial charge in [-0.3, -0.25) is 9.69 Å². The van der Waals surface area contributed by atoms with Crippen molar-refractivity contribution >= 4 is 16.8 Å². The number of ether oxygens (including phenoxy) is 1. The minimum absolute atomic E-state index is 0.0237. The molecule has 40 heavy (non-hydrogen) atoms. The van der Waals surface area contributed by atoms with Crippen molar-refractivity contribution in [2.45, 2.75) is 87.9 Å². The molecule has 3 heterocycles. The summed E-state index contributed by atoms with van der Waals surface area (Å²) in [4.78, 5) is 18.4. The van der Waals surface area contributed by atoms with Crippen LogP contribution in [0, 0.1) is 5.92 Å². The summed E-state index contributed by atoms with van der Waals surface area (Å²) in [6.07, 6.45) is 7.69. The highest BCUT2D eigenvalue weighted by molar-refractivity contribution is 5.87. The van der Waals surface area contributed by atoms with E-state index in [1.54, 1.807) is 6.07 Å². The van der Waals surface area contributed by atoms with Gasteiger partial charge in [-0.25, -0.2) is 0 Å². The molecule has 3 aliphatic carbocycles. The maximum Gasteiger partial charge on any atom is 0.220 e. The van der Waals surface area contributed by atoms with Gasteiger partial charge in [-0.2, -0.15) is 0 Å². The van der Waals surface area contributed by atoms with Gasteiger partial charge < -0.3 is 25.3 Å². The molecule has 5 aliphatic rings. The number of hydrogen-bond acceptors (Lipinski definition) is 5. The van der Waals surface area contributed by atoms with Gasteiger partial charge in [0.25, 0.3) is 0 Å². The van der Waals surface area contributed by atoms with E-state index >= 15 is 0 Å². The van der Waals surface area contributed by atoms with Crippen molar-refractivity contribution in [1.29, 1.82) is 0 Å². The van der Waals surface area contributed by atoms with Crippen LogP contribution >= 0.6 is 0 Å². The Morgan fingerprint density at radius 1 is 1.25 bits per heavy atom. The van der Waals surface area contributed by atoms with E-state index in [9.17, 15) is 15.0 Å². The molecule has 4 atom stereocenters. The quantitative estimate of drug-likeness (QED) is 0.339. The fraction of sp³-hybridized carbons (Fsp3) is 0.545. The molecule has 7 nitrogen and oxygen atoms in total. The molecule has 210 valence electrons. The van der Waals surface area contributed by atoms with E-state index in [0.29, 0.717) is 25.1 Å². The van der Waals surface area contributed by atoms with Crippen molar-refractivity contribution in [3.05, 3.63) is 58.3 Å². The van der Waals surface area contributed by atoms with Gasteiger partial charge in [0.2, 0.25) is 5.91 Å². The van der Waals surface area contributed by atoms with Crippen LogP contribution in [0.2, 0.25) is 0 Å². The first-order valence-electron chi connectivity index (χ1n) is 15.3. The van der Waals surface area contributed by atoms with E-state index in [-0.39, 0.29) is 23.8 Å². The number of nitrogens with zero attached hydrogens (tertiary/aromatic N) is 1. The molecule has 1 saturated heterocycles. The summed E-state index contributed by atoms with van der Waals surface area (Å²) in [6.45, 7) is 4.72. The number of nitrogens with one attached hydrogen (secondary N) is 2. The number of rotatable bonds is 8. The van der Waals surface area contributed by atoms with E-state index in [1.165, 1.54) is 24.0 Å². The number of unbranched alkanes of at least 4 members (excludes halogenated alkanes) is 1. The zero-order valence-corrected chi connectivity index (χ0v) is 23.3. The number of aromatic amines is 1. The van der Waals surface area contributed by atoms with Crippen molar-refractivity contribution in [3.8, 4) is 11.5 Å². The van der Waals surface area contributed by atoms with Crippen LogP contribution in [0.1, 0.15) is 79.5 Å². The number of aromatic nitrogens is 1. The van der Waals surface area contributed by atoms with Crippen molar-refractivity contribution in [2.24, 2.45) is 5.92 Å². The van der Waals surface area contributed by atoms with Gasteiger partial charge in [0.1, 0.15) is 0 Å². The highest BCUT2D eigenvalue weighted by Crippen LogP contribution is 2.69. The van der Waals surface area contributed by atoms with Gasteiger partial charge in [0.15, 0.2) is 17.6 Å².